The first-order valence-electron chi connectivity index (χ1n) is 5.22. The summed E-state index contributed by atoms with van der Waals surface area (Å²) in [5.74, 6) is 5.59. The fourth-order valence-corrected chi connectivity index (χ4v) is 1.68. The molecule has 6 heteroatoms. The van der Waals surface area contributed by atoms with E-state index in [-0.39, 0.29) is 0 Å². The molecular weight excluding hydrogens is 262 g/mol. The third kappa shape index (κ3) is 7.98. The SMILES string of the molecule is CC.CC.CC(=S)N(N)Cc1cnc(Cl)s1. The largest absolute Gasteiger partial charge is 0.299 e. The van der Waals surface area contributed by atoms with Crippen LogP contribution in [0.1, 0.15) is 39.5 Å². The number of aromatic nitrogens is 1. The summed E-state index contributed by atoms with van der Waals surface area (Å²) in [7, 11) is 0. The summed E-state index contributed by atoms with van der Waals surface area (Å²) in [6.45, 7) is 10.3. The van der Waals surface area contributed by atoms with Crippen molar-refractivity contribution < 1.29 is 0 Å². The van der Waals surface area contributed by atoms with Gasteiger partial charge in [-0.25, -0.2) is 10.8 Å². The zero-order valence-corrected chi connectivity index (χ0v) is 12.8. The molecule has 1 heterocycles. The van der Waals surface area contributed by atoms with Gasteiger partial charge in [-0.3, -0.25) is 5.01 Å². The predicted octanol–water partition coefficient (Wildman–Crippen LogP) is 3.87. The van der Waals surface area contributed by atoms with Gasteiger partial charge in [0.05, 0.1) is 11.5 Å². The highest BCUT2D eigenvalue weighted by Crippen LogP contribution is 2.18. The Kier molecular flexibility index (Phi) is 12.8. The number of rotatable bonds is 2. The highest BCUT2D eigenvalue weighted by molar-refractivity contribution is 7.80. The van der Waals surface area contributed by atoms with E-state index in [9.17, 15) is 0 Å². The molecule has 0 aliphatic rings. The molecule has 2 N–H and O–H groups in total. The second-order valence-electron chi connectivity index (χ2n) is 2.23. The van der Waals surface area contributed by atoms with Gasteiger partial charge in [-0.2, -0.15) is 0 Å². The first-order chi connectivity index (χ1) is 7.59. The van der Waals surface area contributed by atoms with Crippen LogP contribution in [0.3, 0.4) is 0 Å². The Labute approximate surface area is 113 Å². The maximum absolute atomic E-state index is 5.64. The van der Waals surface area contributed by atoms with E-state index in [1.807, 2.05) is 27.7 Å². The van der Waals surface area contributed by atoms with E-state index in [4.69, 9.17) is 29.7 Å². The molecule has 0 aromatic carbocycles. The second-order valence-corrected chi connectivity index (χ2v) is 4.51. The second kappa shape index (κ2) is 11.3. The summed E-state index contributed by atoms with van der Waals surface area (Å²) in [5.41, 5.74) is 0. The van der Waals surface area contributed by atoms with Crippen LogP contribution in [0, 0.1) is 0 Å². The van der Waals surface area contributed by atoms with Crippen LogP contribution in [-0.2, 0) is 6.54 Å². The monoisotopic (exact) mass is 281 g/mol. The smallest absolute Gasteiger partial charge is 0.183 e. The minimum atomic E-state index is 0.528. The molecule has 0 bridgehead atoms. The summed E-state index contributed by atoms with van der Waals surface area (Å²) in [4.78, 5) is 5.55. The van der Waals surface area contributed by atoms with Gasteiger partial charge in [0.2, 0.25) is 0 Å². The molecule has 1 aromatic rings. The summed E-state index contributed by atoms with van der Waals surface area (Å²) in [6.07, 6.45) is 1.70. The van der Waals surface area contributed by atoms with Crippen molar-refractivity contribution in [3.8, 4) is 0 Å². The Bertz CT molecular complexity index is 289. The van der Waals surface area contributed by atoms with E-state index in [1.54, 1.807) is 13.1 Å². The van der Waals surface area contributed by atoms with Gasteiger partial charge in [-0.15, -0.1) is 11.3 Å². The van der Waals surface area contributed by atoms with Gasteiger partial charge in [0.1, 0.15) is 0 Å². The van der Waals surface area contributed by atoms with Crippen LogP contribution >= 0.6 is 35.2 Å². The molecule has 0 saturated carbocycles. The van der Waals surface area contributed by atoms with E-state index in [2.05, 4.69) is 4.98 Å². The lowest BCUT2D eigenvalue weighted by Gasteiger charge is -2.14. The molecule has 0 radical (unpaired) electrons. The van der Waals surface area contributed by atoms with Crippen molar-refractivity contribution in [3.63, 3.8) is 0 Å². The maximum Gasteiger partial charge on any atom is 0.183 e. The van der Waals surface area contributed by atoms with Gasteiger partial charge in [0.15, 0.2) is 4.47 Å². The molecule has 1 aromatic heterocycles. The van der Waals surface area contributed by atoms with Crippen molar-refractivity contribution in [1.82, 2.24) is 9.99 Å². The fraction of sp³-hybridized carbons (Fsp3) is 0.600. The number of thiazole rings is 1. The van der Waals surface area contributed by atoms with Crippen LogP contribution in [0.4, 0.5) is 0 Å². The highest BCUT2D eigenvalue weighted by atomic mass is 35.5. The highest BCUT2D eigenvalue weighted by Gasteiger charge is 2.04. The van der Waals surface area contributed by atoms with Crippen LogP contribution in [-0.4, -0.2) is 15.0 Å². The van der Waals surface area contributed by atoms with Crippen LogP contribution < -0.4 is 5.84 Å². The lowest BCUT2D eigenvalue weighted by atomic mass is 10.5. The van der Waals surface area contributed by atoms with E-state index >= 15 is 0 Å². The van der Waals surface area contributed by atoms with E-state index in [0.29, 0.717) is 16.0 Å². The zero-order chi connectivity index (χ0) is 13.1. The molecule has 0 spiro atoms. The Morgan fingerprint density at radius 2 is 2.00 bits per heavy atom. The maximum atomic E-state index is 5.64. The molecule has 0 atom stereocenters. The minimum Gasteiger partial charge on any atom is -0.299 e. The average Bonchev–Trinajstić information content (AvgIpc) is 2.69. The lowest BCUT2D eigenvalue weighted by Crippen LogP contribution is -2.33. The molecule has 0 unspecified atom stereocenters. The summed E-state index contributed by atoms with van der Waals surface area (Å²) in [5, 5.41) is 1.49. The molecular formula is C10H20ClN3S2. The molecule has 94 valence electrons. The van der Waals surface area contributed by atoms with Crippen molar-refractivity contribution in [3.05, 3.63) is 15.5 Å². The van der Waals surface area contributed by atoms with Crippen LogP contribution in [0.25, 0.3) is 0 Å². The topological polar surface area (TPSA) is 42.1 Å². The standard InChI is InChI=1S/C6H8ClN3S2.2C2H6/c1-4(11)10(8)3-5-2-9-6(7)12-5;2*1-2/h2H,3,8H2,1H3;2*1-2H3. The predicted molar refractivity (Wildman–Crippen MR) is 77.8 cm³/mol. The van der Waals surface area contributed by atoms with Crippen molar-refractivity contribution in [1.29, 1.82) is 0 Å². The number of hydrogen-bond acceptors (Lipinski definition) is 4. The Morgan fingerprint density at radius 3 is 2.31 bits per heavy atom. The van der Waals surface area contributed by atoms with E-state index in [0.717, 1.165) is 4.88 Å². The number of nitrogens with zero attached hydrogens (tertiary/aromatic N) is 2. The molecule has 1 rings (SSSR count). The van der Waals surface area contributed by atoms with Gasteiger partial charge >= 0.3 is 0 Å². The van der Waals surface area contributed by atoms with E-state index in [1.165, 1.54) is 16.3 Å². The lowest BCUT2D eigenvalue weighted by molar-refractivity contribution is 0.443. The van der Waals surface area contributed by atoms with Gasteiger partial charge in [-0.05, 0) is 6.92 Å². The van der Waals surface area contributed by atoms with Gasteiger partial charge < -0.3 is 0 Å². The van der Waals surface area contributed by atoms with Crippen LogP contribution in [0.2, 0.25) is 4.47 Å². The number of hydrazine groups is 1. The zero-order valence-electron chi connectivity index (χ0n) is 10.5. The van der Waals surface area contributed by atoms with Gasteiger partial charge in [0, 0.05) is 11.1 Å². The molecule has 3 nitrogen and oxygen atoms in total. The Morgan fingerprint density at radius 1 is 1.50 bits per heavy atom. The molecule has 0 amide bonds. The van der Waals surface area contributed by atoms with Crippen molar-refractivity contribution in [2.75, 3.05) is 0 Å². The average molecular weight is 282 g/mol. The number of thiocarbonyl (C=S) groups is 1. The molecule has 16 heavy (non-hydrogen) atoms. The first-order valence-corrected chi connectivity index (χ1v) is 6.83. The van der Waals surface area contributed by atoms with E-state index < -0.39 is 0 Å². The molecule has 0 saturated heterocycles. The Hall–Kier alpha value is -0.230. The van der Waals surface area contributed by atoms with Crippen molar-refractivity contribution >= 4 is 40.1 Å². The molecule has 0 fully saturated rings. The number of nitrogens with two attached hydrogens (primary N) is 1. The summed E-state index contributed by atoms with van der Waals surface area (Å²) >= 11 is 11.9. The van der Waals surface area contributed by atoms with Crippen LogP contribution in [0.15, 0.2) is 6.20 Å². The quantitative estimate of drug-likeness (QED) is 0.508. The van der Waals surface area contributed by atoms with Crippen LogP contribution in [0.5, 0.6) is 0 Å². The first kappa shape index (κ1) is 18.1. The third-order valence-electron chi connectivity index (χ3n) is 1.26. The molecule has 0 aliphatic carbocycles. The number of hydrogen-bond donors (Lipinski definition) is 1. The van der Waals surface area contributed by atoms with Gasteiger partial charge in [0.25, 0.3) is 0 Å². The summed E-state index contributed by atoms with van der Waals surface area (Å²) in [6, 6.07) is 0. The number of halogens is 1. The van der Waals surface area contributed by atoms with Crippen molar-refractivity contribution in [2.24, 2.45) is 5.84 Å². The fourth-order valence-electron chi connectivity index (χ4n) is 0.636. The third-order valence-corrected chi connectivity index (χ3v) is 2.59. The summed E-state index contributed by atoms with van der Waals surface area (Å²) < 4.78 is 0.528. The van der Waals surface area contributed by atoms with Gasteiger partial charge in [-0.1, -0.05) is 51.5 Å². The molecule has 0 aliphatic heterocycles. The minimum absolute atomic E-state index is 0.528. The van der Waals surface area contributed by atoms with Crippen molar-refractivity contribution in [2.45, 2.75) is 41.2 Å². The normalized spacial score (nSPS) is 8.19. The Balaban J connectivity index is 0.